The number of aromatic nitrogens is 2. The molecule has 0 spiro atoms. The molecule has 0 unspecified atom stereocenters. The molecule has 3 nitrogen and oxygen atoms in total. The molecule has 1 aromatic heterocycles. The van der Waals surface area contributed by atoms with E-state index >= 15 is 0 Å². The minimum absolute atomic E-state index is 0.468. The highest BCUT2D eigenvalue weighted by molar-refractivity contribution is 9.11. The molecule has 1 aromatic rings. The van der Waals surface area contributed by atoms with E-state index in [1.165, 1.54) is 11.3 Å². The van der Waals surface area contributed by atoms with Crippen LogP contribution in [-0.2, 0) is 13.6 Å². The molecule has 0 saturated heterocycles. The summed E-state index contributed by atoms with van der Waals surface area (Å²) in [7, 11) is 1.96. The fourth-order valence-electron chi connectivity index (χ4n) is 1.51. The van der Waals surface area contributed by atoms with E-state index in [-0.39, 0.29) is 0 Å². The maximum absolute atomic E-state index is 4.45. The Bertz CT molecular complexity index is 342. The van der Waals surface area contributed by atoms with Crippen LogP contribution in [0.3, 0.4) is 0 Å². The number of hydrogen-bond acceptors (Lipinski definition) is 2. The van der Waals surface area contributed by atoms with E-state index in [1.807, 2.05) is 11.7 Å². The first-order valence-electron chi connectivity index (χ1n) is 5.07. The van der Waals surface area contributed by atoms with Crippen molar-refractivity contribution in [2.75, 3.05) is 6.54 Å². The van der Waals surface area contributed by atoms with Gasteiger partial charge in [0.05, 0.1) is 5.69 Å². The van der Waals surface area contributed by atoms with Gasteiger partial charge in [0.1, 0.15) is 0 Å². The number of nitrogens with one attached hydrogen (secondary N) is 1. The number of aryl methyl sites for hydroxylation is 1. The Morgan fingerprint density at radius 1 is 1.67 bits per heavy atom. The van der Waals surface area contributed by atoms with E-state index in [2.05, 4.69) is 53.0 Å². The monoisotopic (exact) mass is 271 g/mol. The van der Waals surface area contributed by atoms with Gasteiger partial charge >= 0.3 is 0 Å². The Labute approximate surface area is 99.7 Å². The van der Waals surface area contributed by atoms with Gasteiger partial charge in [-0.05, 0) is 5.92 Å². The Morgan fingerprint density at radius 2 is 2.33 bits per heavy atom. The van der Waals surface area contributed by atoms with Gasteiger partial charge in [0.15, 0.2) is 0 Å². The summed E-state index contributed by atoms with van der Waals surface area (Å²) < 4.78 is 2.84. The summed E-state index contributed by atoms with van der Waals surface area (Å²) in [4.78, 5) is 0. The van der Waals surface area contributed by atoms with Gasteiger partial charge < -0.3 is 5.32 Å². The Balaban J connectivity index is 2.63. The van der Waals surface area contributed by atoms with Gasteiger partial charge in [0.25, 0.3) is 0 Å². The molecule has 1 N–H and O–H groups in total. The quantitative estimate of drug-likeness (QED) is 0.892. The second-order valence-electron chi connectivity index (χ2n) is 3.99. The SMILES string of the molecule is C=C(Br)CNCc1cn(C)nc1C(C)C. The summed E-state index contributed by atoms with van der Waals surface area (Å²) in [6.45, 7) is 9.73. The molecule has 0 aliphatic heterocycles. The lowest BCUT2D eigenvalue weighted by atomic mass is 10.1. The average Bonchev–Trinajstić information content (AvgIpc) is 2.46. The van der Waals surface area contributed by atoms with Gasteiger partial charge in [-0.25, -0.2) is 0 Å². The van der Waals surface area contributed by atoms with Crippen molar-refractivity contribution >= 4 is 15.9 Å². The summed E-state index contributed by atoms with van der Waals surface area (Å²) in [5.74, 6) is 0.468. The zero-order valence-corrected chi connectivity index (χ0v) is 11.1. The van der Waals surface area contributed by atoms with Crippen LogP contribution >= 0.6 is 15.9 Å². The van der Waals surface area contributed by atoms with E-state index in [4.69, 9.17) is 0 Å². The van der Waals surface area contributed by atoms with E-state index in [0.717, 1.165) is 17.6 Å². The number of nitrogens with zero attached hydrogens (tertiary/aromatic N) is 2. The van der Waals surface area contributed by atoms with Crippen LogP contribution in [0, 0.1) is 0 Å². The Morgan fingerprint density at radius 3 is 2.87 bits per heavy atom. The highest BCUT2D eigenvalue weighted by atomic mass is 79.9. The predicted octanol–water partition coefficient (Wildman–Crippen LogP) is 2.54. The van der Waals surface area contributed by atoms with E-state index < -0.39 is 0 Å². The minimum Gasteiger partial charge on any atom is -0.308 e. The predicted molar refractivity (Wildman–Crippen MR) is 67.1 cm³/mol. The van der Waals surface area contributed by atoms with Crippen molar-refractivity contribution in [1.82, 2.24) is 15.1 Å². The van der Waals surface area contributed by atoms with Crippen LogP contribution in [0.4, 0.5) is 0 Å². The largest absolute Gasteiger partial charge is 0.308 e. The summed E-state index contributed by atoms with van der Waals surface area (Å²) >= 11 is 3.32. The molecule has 0 radical (unpaired) electrons. The summed E-state index contributed by atoms with van der Waals surface area (Å²) in [5, 5.41) is 7.76. The first kappa shape index (κ1) is 12.5. The normalized spacial score (nSPS) is 11.0. The third kappa shape index (κ3) is 3.80. The Hall–Kier alpha value is -0.610. The van der Waals surface area contributed by atoms with Crippen molar-refractivity contribution in [3.05, 3.63) is 28.5 Å². The lowest BCUT2D eigenvalue weighted by molar-refractivity contribution is 0.705. The van der Waals surface area contributed by atoms with Crippen LogP contribution in [-0.4, -0.2) is 16.3 Å². The standard InChI is InChI=1S/C11H18BrN3/c1-8(2)11-10(7-15(4)14-11)6-13-5-9(3)12/h7-8,13H,3,5-6H2,1-2,4H3. The molecule has 84 valence electrons. The summed E-state index contributed by atoms with van der Waals surface area (Å²) in [6.07, 6.45) is 2.07. The lowest BCUT2D eigenvalue weighted by Crippen LogP contribution is -2.15. The van der Waals surface area contributed by atoms with Crippen LogP contribution in [0.25, 0.3) is 0 Å². The van der Waals surface area contributed by atoms with Gasteiger partial charge in [-0.3, -0.25) is 4.68 Å². The highest BCUT2D eigenvalue weighted by Crippen LogP contribution is 2.16. The maximum atomic E-state index is 4.45. The van der Waals surface area contributed by atoms with Gasteiger partial charge in [-0.1, -0.05) is 36.4 Å². The van der Waals surface area contributed by atoms with Crippen LogP contribution in [0.15, 0.2) is 17.3 Å². The third-order valence-corrected chi connectivity index (χ3v) is 2.40. The number of halogens is 1. The first-order chi connectivity index (χ1) is 7.00. The molecule has 0 bridgehead atoms. The second-order valence-corrected chi connectivity index (χ2v) is 5.11. The van der Waals surface area contributed by atoms with Gasteiger partial charge in [-0.2, -0.15) is 5.10 Å². The average molecular weight is 272 g/mol. The van der Waals surface area contributed by atoms with E-state index in [1.54, 1.807) is 0 Å². The maximum Gasteiger partial charge on any atom is 0.0694 e. The van der Waals surface area contributed by atoms with Crippen molar-refractivity contribution in [2.24, 2.45) is 7.05 Å². The topological polar surface area (TPSA) is 29.9 Å². The molecule has 0 amide bonds. The number of rotatable bonds is 5. The van der Waals surface area contributed by atoms with Crippen LogP contribution in [0.1, 0.15) is 31.0 Å². The molecular formula is C11H18BrN3. The van der Waals surface area contributed by atoms with Crippen molar-refractivity contribution in [1.29, 1.82) is 0 Å². The molecule has 4 heteroatoms. The van der Waals surface area contributed by atoms with Gasteiger partial charge in [0, 0.05) is 36.4 Å². The smallest absolute Gasteiger partial charge is 0.0694 e. The van der Waals surface area contributed by atoms with Gasteiger partial charge in [-0.15, -0.1) is 0 Å². The number of hydrogen-bond donors (Lipinski definition) is 1. The Kier molecular flexibility index (Phi) is 4.54. The highest BCUT2D eigenvalue weighted by Gasteiger charge is 2.10. The van der Waals surface area contributed by atoms with Gasteiger partial charge in [0.2, 0.25) is 0 Å². The summed E-state index contributed by atoms with van der Waals surface area (Å²) in [6, 6.07) is 0. The molecule has 0 aromatic carbocycles. The fraction of sp³-hybridized carbons (Fsp3) is 0.545. The molecule has 0 atom stereocenters. The molecular weight excluding hydrogens is 254 g/mol. The van der Waals surface area contributed by atoms with Crippen molar-refractivity contribution in [2.45, 2.75) is 26.3 Å². The van der Waals surface area contributed by atoms with Crippen molar-refractivity contribution in [3.8, 4) is 0 Å². The molecule has 15 heavy (non-hydrogen) atoms. The second kappa shape index (κ2) is 5.47. The molecule has 0 saturated carbocycles. The van der Waals surface area contributed by atoms with E-state index in [9.17, 15) is 0 Å². The van der Waals surface area contributed by atoms with Crippen molar-refractivity contribution < 1.29 is 0 Å². The lowest BCUT2D eigenvalue weighted by Gasteiger charge is -2.06. The van der Waals surface area contributed by atoms with Crippen LogP contribution in [0.5, 0.6) is 0 Å². The molecule has 1 rings (SSSR count). The molecule has 1 heterocycles. The van der Waals surface area contributed by atoms with E-state index in [0.29, 0.717) is 5.92 Å². The third-order valence-electron chi connectivity index (χ3n) is 2.12. The van der Waals surface area contributed by atoms with Crippen molar-refractivity contribution in [3.63, 3.8) is 0 Å². The van der Waals surface area contributed by atoms with Crippen LogP contribution in [0.2, 0.25) is 0 Å². The minimum atomic E-state index is 0.468. The molecule has 0 aliphatic rings. The first-order valence-corrected chi connectivity index (χ1v) is 5.86. The summed E-state index contributed by atoms with van der Waals surface area (Å²) in [5.41, 5.74) is 2.44. The van der Waals surface area contributed by atoms with Crippen LogP contribution < -0.4 is 5.32 Å². The molecule has 0 fully saturated rings. The molecule has 0 aliphatic carbocycles. The zero-order valence-electron chi connectivity index (χ0n) is 9.55. The zero-order chi connectivity index (χ0) is 11.4. The fourth-order valence-corrected chi connectivity index (χ4v) is 1.71.